The monoisotopic (exact) mass is 478 g/mol. The zero-order chi connectivity index (χ0) is 21.5. The molecule has 0 amide bonds. The lowest BCUT2D eigenvalue weighted by Crippen LogP contribution is -2.05. The fourth-order valence-corrected chi connectivity index (χ4v) is 4.15. The van der Waals surface area contributed by atoms with Gasteiger partial charge in [-0.2, -0.15) is 10.4 Å². The van der Waals surface area contributed by atoms with Crippen LogP contribution in [0.2, 0.25) is 0 Å². The highest BCUT2D eigenvalue weighted by Gasteiger charge is 2.19. The Hall–Kier alpha value is -3.70. The molecule has 0 fully saturated rings. The van der Waals surface area contributed by atoms with Crippen LogP contribution in [0.5, 0.6) is 11.5 Å². The van der Waals surface area contributed by atoms with Crippen molar-refractivity contribution in [1.29, 1.82) is 5.26 Å². The minimum atomic E-state index is -0.663. The molecule has 5 rings (SSSR count). The fourth-order valence-electron chi connectivity index (χ4n) is 3.62. The van der Waals surface area contributed by atoms with Gasteiger partial charge in [0.2, 0.25) is 0 Å². The van der Waals surface area contributed by atoms with Crippen LogP contribution in [0, 0.1) is 23.0 Å². The third-order valence-electron chi connectivity index (χ3n) is 5.07. The molecule has 3 aromatic carbocycles. The predicted octanol–water partition coefficient (Wildman–Crippen LogP) is 6.27. The number of hydrogen-bond donors (Lipinski definition) is 1. The molecule has 0 bridgehead atoms. The minimum Gasteiger partial charge on any atom is -0.454 e. The van der Waals surface area contributed by atoms with E-state index in [0.29, 0.717) is 15.7 Å². The van der Waals surface area contributed by atoms with Crippen LogP contribution in [0.3, 0.4) is 0 Å². The Morgan fingerprint density at radius 2 is 1.90 bits per heavy atom. The molecule has 152 valence electrons. The van der Waals surface area contributed by atoms with Crippen molar-refractivity contribution in [3.8, 4) is 17.6 Å². The molecule has 0 radical (unpaired) electrons. The number of nitriles is 1. The van der Waals surface area contributed by atoms with Crippen molar-refractivity contribution in [2.45, 2.75) is 6.54 Å². The number of halogens is 3. The maximum Gasteiger partial charge on any atom is 0.168 e. The van der Waals surface area contributed by atoms with Gasteiger partial charge in [-0.05, 0) is 40.2 Å². The van der Waals surface area contributed by atoms with E-state index in [9.17, 15) is 4.39 Å². The summed E-state index contributed by atoms with van der Waals surface area (Å²) >= 11 is 3.47. The first-order valence-electron chi connectivity index (χ1n) is 9.32. The van der Waals surface area contributed by atoms with E-state index >= 15 is 4.39 Å². The Morgan fingerprint density at radius 3 is 2.74 bits per heavy atom. The van der Waals surface area contributed by atoms with Crippen molar-refractivity contribution in [3.05, 3.63) is 88.2 Å². The lowest BCUT2D eigenvalue weighted by Gasteiger charge is -2.15. The van der Waals surface area contributed by atoms with Crippen LogP contribution in [-0.2, 0) is 6.54 Å². The third kappa shape index (κ3) is 3.33. The maximum absolute atomic E-state index is 15.1. The summed E-state index contributed by atoms with van der Waals surface area (Å²) in [5, 5.41) is 15.3. The number of aromatic amines is 1. The van der Waals surface area contributed by atoms with E-state index in [1.165, 1.54) is 18.2 Å². The van der Waals surface area contributed by atoms with Gasteiger partial charge in [0.1, 0.15) is 22.2 Å². The Bertz CT molecular complexity index is 1500. The van der Waals surface area contributed by atoms with Gasteiger partial charge >= 0.3 is 0 Å². The van der Waals surface area contributed by atoms with Crippen LogP contribution in [0.4, 0.5) is 8.78 Å². The van der Waals surface area contributed by atoms with Gasteiger partial charge in [-0.1, -0.05) is 18.2 Å². The highest BCUT2D eigenvalue weighted by Crippen LogP contribution is 2.36. The van der Waals surface area contributed by atoms with Crippen LogP contribution in [0.15, 0.2) is 65.4 Å². The quantitative estimate of drug-likeness (QED) is 0.331. The molecule has 0 aliphatic rings. The average Bonchev–Trinajstić information content (AvgIpc) is 3.36. The summed E-state index contributed by atoms with van der Waals surface area (Å²) < 4.78 is 37.1. The summed E-state index contributed by atoms with van der Waals surface area (Å²) in [5.41, 5.74) is 1.89. The maximum atomic E-state index is 15.1. The number of nitrogens with zero attached hydrogens (tertiary/aromatic N) is 3. The van der Waals surface area contributed by atoms with Gasteiger partial charge in [0.15, 0.2) is 11.6 Å². The van der Waals surface area contributed by atoms with Gasteiger partial charge < -0.3 is 9.72 Å². The summed E-state index contributed by atoms with van der Waals surface area (Å²) in [6, 6.07) is 16.4. The van der Waals surface area contributed by atoms with Crippen LogP contribution < -0.4 is 4.74 Å². The molecule has 5 nitrogen and oxygen atoms in total. The molecule has 0 aliphatic heterocycles. The van der Waals surface area contributed by atoms with Gasteiger partial charge in [0, 0.05) is 40.2 Å². The number of aromatic nitrogens is 3. The molecule has 5 aromatic rings. The molecule has 0 saturated carbocycles. The van der Waals surface area contributed by atoms with Crippen LogP contribution in [-0.4, -0.2) is 14.8 Å². The summed E-state index contributed by atoms with van der Waals surface area (Å²) in [6.45, 7) is 0.236. The lowest BCUT2D eigenvalue weighted by molar-refractivity contribution is 0.434. The predicted molar refractivity (Wildman–Crippen MR) is 116 cm³/mol. The summed E-state index contributed by atoms with van der Waals surface area (Å²) in [5.74, 6) is -1.08. The number of benzene rings is 3. The highest BCUT2D eigenvalue weighted by molar-refractivity contribution is 9.10. The second kappa shape index (κ2) is 7.52. The topological polar surface area (TPSA) is 66.6 Å². The normalized spacial score (nSPS) is 11.2. The zero-order valence-corrected chi connectivity index (χ0v) is 17.5. The second-order valence-corrected chi connectivity index (χ2v) is 7.68. The Balaban J connectivity index is 1.66. The molecule has 0 unspecified atom stereocenters. The Morgan fingerprint density at radius 1 is 1.06 bits per heavy atom. The zero-order valence-electron chi connectivity index (χ0n) is 15.9. The standard InChI is InChI=1S/C23H13BrF2N4O/c24-23-16-3-1-2-4-21(16)30(29-23)12-17-15-7-8-28-20(15)10-19(26)22(17)31-14-5-6-18(25)13(9-14)11-27/h1-10,28H,12H2. The molecular formula is C23H13BrF2N4O. The van der Waals surface area contributed by atoms with E-state index in [1.54, 1.807) is 16.9 Å². The fraction of sp³-hybridized carbons (Fsp3) is 0.0435. The molecule has 0 saturated heterocycles. The van der Waals surface area contributed by atoms with Crippen molar-refractivity contribution in [3.63, 3.8) is 0 Å². The van der Waals surface area contributed by atoms with E-state index in [0.717, 1.165) is 22.4 Å². The first-order chi connectivity index (χ1) is 15.0. The molecule has 0 spiro atoms. The number of para-hydroxylation sites is 1. The van der Waals surface area contributed by atoms with Crippen molar-refractivity contribution in [2.75, 3.05) is 0 Å². The average molecular weight is 479 g/mol. The van der Waals surface area contributed by atoms with Crippen LogP contribution >= 0.6 is 15.9 Å². The summed E-state index contributed by atoms with van der Waals surface area (Å²) in [4.78, 5) is 3.02. The van der Waals surface area contributed by atoms with Gasteiger partial charge in [-0.25, -0.2) is 8.78 Å². The number of fused-ring (bicyclic) bond motifs is 2. The van der Waals surface area contributed by atoms with Crippen molar-refractivity contribution in [2.24, 2.45) is 0 Å². The van der Waals surface area contributed by atoms with Gasteiger partial charge in [0.05, 0.1) is 17.6 Å². The van der Waals surface area contributed by atoms with E-state index < -0.39 is 11.6 Å². The van der Waals surface area contributed by atoms with E-state index in [2.05, 4.69) is 26.0 Å². The SMILES string of the molecule is N#Cc1cc(Oc2c(F)cc3[nH]ccc3c2Cn2nc(Br)c3ccccc32)ccc1F. The Kier molecular flexibility index (Phi) is 4.68. The van der Waals surface area contributed by atoms with Crippen molar-refractivity contribution >= 4 is 37.7 Å². The molecule has 2 heterocycles. The molecule has 8 heteroatoms. The molecule has 0 aliphatic carbocycles. The van der Waals surface area contributed by atoms with Crippen LogP contribution in [0.25, 0.3) is 21.8 Å². The molecule has 2 aromatic heterocycles. The van der Waals surface area contributed by atoms with Gasteiger partial charge in [0.25, 0.3) is 0 Å². The highest BCUT2D eigenvalue weighted by atomic mass is 79.9. The van der Waals surface area contributed by atoms with Crippen molar-refractivity contribution in [1.82, 2.24) is 14.8 Å². The number of nitrogens with one attached hydrogen (secondary N) is 1. The number of H-pyrrole nitrogens is 1. The number of ether oxygens (including phenoxy) is 1. The van der Waals surface area contributed by atoms with Crippen LogP contribution in [0.1, 0.15) is 11.1 Å². The molecule has 1 N–H and O–H groups in total. The van der Waals surface area contributed by atoms with Gasteiger partial charge in [-0.3, -0.25) is 4.68 Å². The smallest absolute Gasteiger partial charge is 0.168 e. The van der Waals surface area contributed by atoms with Crippen molar-refractivity contribution < 1.29 is 13.5 Å². The summed E-state index contributed by atoms with van der Waals surface area (Å²) in [6.07, 6.45) is 1.72. The number of hydrogen-bond acceptors (Lipinski definition) is 3. The Labute approximate surface area is 183 Å². The first kappa shape index (κ1) is 19.3. The van der Waals surface area contributed by atoms with E-state index in [-0.39, 0.29) is 23.6 Å². The largest absolute Gasteiger partial charge is 0.454 e. The lowest BCUT2D eigenvalue weighted by atomic mass is 10.1. The van der Waals surface area contributed by atoms with E-state index in [4.69, 9.17) is 10.00 Å². The summed E-state index contributed by atoms with van der Waals surface area (Å²) in [7, 11) is 0. The van der Waals surface area contributed by atoms with E-state index in [1.807, 2.05) is 30.3 Å². The molecule has 31 heavy (non-hydrogen) atoms. The minimum absolute atomic E-state index is 0.00157. The first-order valence-corrected chi connectivity index (χ1v) is 10.1. The molecule has 0 atom stereocenters. The third-order valence-corrected chi connectivity index (χ3v) is 5.65. The second-order valence-electron chi connectivity index (χ2n) is 6.93. The number of rotatable bonds is 4. The molecular weight excluding hydrogens is 466 g/mol. The van der Waals surface area contributed by atoms with Gasteiger partial charge in [-0.15, -0.1) is 0 Å².